The Bertz CT molecular complexity index is 263. The fourth-order valence-corrected chi connectivity index (χ4v) is 0.753. The fraction of sp³-hybridized carbons (Fsp3) is 0.125. The van der Waals surface area contributed by atoms with Crippen LogP contribution in [0.3, 0.4) is 0 Å². The topological polar surface area (TPSA) is 17.1 Å². The SMILES string of the molecule is O=C1C=CC(=CC(F)(F)F)C=C1. The lowest BCUT2D eigenvalue weighted by Crippen LogP contribution is -2.03. The van der Waals surface area contributed by atoms with Crippen LogP contribution in [-0.4, -0.2) is 12.0 Å². The van der Waals surface area contributed by atoms with E-state index in [4.69, 9.17) is 0 Å². The standard InChI is InChI=1S/C8H5F3O/c9-8(10,11)5-6-1-3-7(12)4-2-6/h1-5H. The normalized spacial score (nSPS) is 16.9. The van der Waals surface area contributed by atoms with E-state index in [9.17, 15) is 18.0 Å². The summed E-state index contributed by atoms with van der Waals surface area (Å²) in [5.74, 6) is -0.297. The van der Waals surface area contributed by atoms with Gasteiger partial charge in [-0.1, -0.05) is 12.2 Å². The number of halogens is 3. The Hall–Kier alpha value is -1.32. The summed E-state index contributed by atoms with van der Waals surface area (Å²) in [4.78, 5) is 10.5. The Labute approximate surface area is 66.9 Å². The molecule has 0 saturated heterocycles. The lowest BCUT2D eigenvalue weighted by Gasteiger charge is -2.02. The molecule has 0 bridgehead atoms. The molecule has 12 heavy (non-hydrogen) atoms. The summed E-state index contributed by atoms with van der Waals surface area (Å²) >= 11 is 0. The van der Waals surface area contributed by atoms with E-state index in [0.29, 0.717) is 0 Å². The highest BCUT2D eigenvalue weighted by atomic mass is 19.4. The Morgan fingerprint density at radius 2 is 1.58 bits per heavy atom. The van der Waals surface area contributed by atoms with E-state index in [-0.39, 0.29) is 17.4 Å². The third kappa shape index (κ3) is 2.74. The number of carbonyl (C=O) groups excluding carboxylic acids is 1. The molecule has 0 N–H and O–H groups in total. The molecule has 1 aliphatic rings. The van der Waals surface area contributed by atoms with Gasteiger partial charge < -0.3 is 0 Å². The summed E-state index contributed by atoms with van der Waals surface area (Å²) < 4.78 is 35.1. The van der Waals surface area contributed by atoms with Gasteiger partial charge in [-0.25, -0.2) is 0 Å². The highest BCUT2D eigenvalue weighted by Gasteiger charge is 2.23. The van der Waals surface area contributed by atoms with Gasteiger partial charge in [0.05, 0.1) is 0 Å². The van der Waals surface area contributed by atoms with Crippen LogP contribution >= 0.6 is 0 Å². The summed E-state index contributed by atoms with van der Waals surface area (Å²) in [7, 11) is 0. The maximum atomic E-state index is 11.7. The summed E-state index contributed by atoms with van der Waals surface area (Å²) in [5, 5.41) is 0. The van der Waals surface area contributed by atoms with Crippen LogP contribution < -0.4 is 0 Å². The Kier molecular flexibility index (Phi) is 2.17. The van der Waals surface area contributed by atoms with Crippen molar-refractivity contribution in [2.45, 2.75) is 6.18 Å². The van der Waals surface area contributed by atoms with Gasteiger partial charge in [-0.15, -0.1) is 0 Å². The van der Waals surface area contributed by atoms with Crippen molar-refractivity contribution < 1.29 is 18.0 Å². The highest BCUT2D eigenvalue weighted by molar-refractivity contribution is 6.01. The maximum Gasteiger partial charge on any atom is 0.410 e. The molecule has 4 heteroatoms. The Balaban J connectivity index is 2.81. The number of allylic oxidation sites excluding steroid dienone is 6. The first-order valence-corrected chi connectivity index (χ1v) is 3.17. The van der Waals surface area contributed by atoms with E-state index in [1.165, 1.54) is 0 Å². The first-order valence-electron chi connectivity index (χ1n) is 3.17. The van der Waals surface area contributed by atoms with Crippen LogP contribution in [0.2, 0.25) is 0 Å². The molecule has 1 nitrogen and oxygen atoms in total. The van der Waals surface area contributed by atoms with Crippen molar-refractivity contribution in [1.82, 2.24) is 0 Å². The summed E-state index contributed by atoms with van der Waals surface area (Å²) in [6, 6.07) is 0. The maximum absolute atomic E-state index is 11.7. The molecule has 64 valence electrons. The molecule has 0 fully saturated rings. The van der Waals surface area contributed by atoms with Crippen molar-refractivity contribution in [2.75, 3.05) is 0 Å². The van der Waals surface area contributed by atoms with Crippen molar-refractivity contribution in [3.63, 3.8) is 0 Å². The molecule has 0 unspecified atom stereocenters. The first-order chi connectivity index (χ1) is 5.47. The molecule has 0 heterocycles. The zero-order valence-electron chi connectivity index (χ0n) is 5.93. The van der Waals surface area contributed by atoms with Crippen molar-refractivity contribution in [3.8, 4) is 0 Å². The molecule has 0 saturated carbocycles. The number of hydrogen-bond acceptors (Lipinski definition) is 1. The quantitative estimate of drug-likeness (QED) is 0.550. The van der Waals surface area contributed by atoms with Gasteiger partial charge in [0.15, 0.2) is 5.78 Å². The molecule has 0 aliphatic heterocycles. The monoisotopic (exact) mass is 174 g/mol. The second-order valence-corrected chi connectivity index (χ2v) is 2.25. The predicted octanol–water partition coefficient (Wildman–Crippen LogP) is 2.17. The van der Waals surface area contributed by atoms with Gasteiger partial charge in [0, 0.05) is 6.08 Å². The summed E-state index contributed by atoms with van der Waals surface area (Å²) in [6.07, 6.45) is 0.275. The molecular formula is C8H5F3O. The van der Waals surface area contributed by atoms with Gasteiger partial charge in [0.2, 0.25) is 0 Å². The van der Waals surface area contributed by atoms with Crippen LogP contribution in [-0.2, 0) is 4.79 Å². The molecule has 0 aromatic carbocycles. The van der Waals surface area contributed by atoms with Crippen LogP contribution in [0.25, 0.3) is 0 Å². The third-order valence-electron chi connectivity index (χ3n) is 1.21. The largest absolute Gasteiger partial charge is 0.410 e. The van der Waals surface area contributed by atoms with E-state index in [1.54, 1.807) is 0 Å². The van der Waals surface area contributed by atoms with Crippen molar-refractivity contribution in [2.24, 2.45) is 0 Å². The molecule has 0 aromatic heterocycles. The van der Waals surface area contributed by atoms with Crippen LogP contribution in [0, 0.1) is 0 Å². The van der Waals surface area contributed by atoms with E-state index < -0.39 is 6.18 Å². The number of hydrogen-bond donors (Lipinski definition) is 0. The Morgan fingerprint density at radius 3 is 2.00 bits per heavy atom. The minimum absolute atomic E-state index is 0.0119. The highest BCUT2D eigenvalue weighted by Crippen LogP contribution is 2.20. The molecule has 0 aromatic rings. The van der Waals surface area contributed by atoms with Crippen LogP contribution in [0.4, 0.5) is 13.2 Å². The van der Waals surface area contributed by atoms with Gasteiger partial charge in [-0.2, -0.15) is 13.2 Å². The average molecular weight is 174 g/mol. The fourth-order valence-electron chi connectivity index (χ4n) is 0.753. The zero-order valence-corrected chi connectivity index (χ0v) is 5.93. The van der Waals surface area contributed by atoms with Gasteiger partial charge in [0.25, 0.3) is 0 Å². The van der Waals surface area contributed by atoms with E-state index in [2.05, 4.69) is 0 Å². The van der Waals surface area contributed by atoms with Crippen LogP contribution in [0.5, 0.6) is 0 Å². The van der Waals surface area contributed by atoms with Crippen LogP contribution in [0.15, 0.2) is 36.0 Å². The number of ketones is 1. The summed E-state index contributed by atoms with van der Waals surface area (Å²) in [6.45, 7) is 0. The van der Waals surface area contributed by atoms with E-state index in [0.717, 1.165) is 24.3 Å². The minimum Gasteiger partial charge on any atom is -0.290 e. The van der Waals surface area contributed by atoms with Crippen molar-refractivity contribution >= 4 is 5.78 Å². The number of rotatable bonds is 0. The minimum atomic E-state index is -4.33. The van der Waals surface area contributed by atoms with Gasteiger partial charge in [-0.05, 0) is 17.7 Å². The average Bonchev–Trinajstić information content (AvgIpc) is 1.91. The lowest BCUT2D eigenvalue weighted by atomic mass is 10.1. The summed E-state index contributed by atoms with van der Waals surface area (Å²) in [5.41, 5.74) is -0.0119. The molecule has 0 spiro atoms. The third-order valence-corrected chi connectivity index (χ3v) is 1.21. The second-order valence-electron chi connectivity index (χ2n) is 2.25. The van der Waals surface area contributed by atoms with Crippen molar-refractivity contribution in [3.05, 3.63) is 36.0 Å². The van der Waals surface area contributed by atoms with E-state index in [1.807, 2.05) is 0 Å². The van der Waals surface area contributed by atoms with Gasteiger partial charge >= 0.3 is 6.18 Å². The molecule has 1 rings (SSSR count). The zero-order chi connectivity index (χ0) is 9.19. The molecule has 0 atom stereocenters. The number of carbonyl (C=O) groups is 1. The predicted molar refractivity (Wildman–Crippen MR) is 37.4 cm³/mol. The van der Waals surface area contributed by atoms with E-state index >= 15 is 0 Å². The molecule has 1 aliphatic carbocycles. The smallest absolute Gasteiger partial charge is 0.290 e. The lowest BCUT2D eigenvalue weighted by molar-refractivity contribution is -0.110. The van der Waals surface area contributed by atoms with Gasteiger partial charge in [-0.3, -0.25) is 4.79 Å². The number of alkyl halides is 3. The van der Waals surface area contributed by atoms with Crippen LogP contribution in [0.1, 0.15) is 0 Å². The molecule has 0 radical (unpaired) electrons. The Morgan fingerprint density at radius 1 is 1.08 bits per heavy atom. The van der Waals surface area contributed by atoms with Crippen molar-refractivity contribution in [1.29, 1.82) is 0 Å². The second kappa shape index (κ2) is 2.97. The first kappa shape index (κ1) is 8.77. The molecular weight excluding hydrogens is 169 g/mol. The van der Waals surface area contributed by atoms with Gasteiger partial charge in [0.1, 0.15) is 0 Å². The molecule has 0 amide bonds.